The van der Waals surface area contributed by atoms with Gasteiger partial charge in [-0.2, -0.15) is 0 Å². The molecule has 1 spiro atoms. The van der Waals surface area contributed by atoms with Gasteiger partial charge in [0.15, 0.2) is 0 Å². The largest absolute Gasteiger partial charge is 0.379 e. The molecule has 3 aliphatic rings. The summed E-state index contributed by atoms with van der Waals surface area (Å²) in [6, 6.07) is 7.31. The molecule has 2 aliphatic heterocycles. The van der Waals surface area contributed by atoms with E-state index in [1.54, 1.807) is 0 Å². The first-order valence-electron chi connectivity index (χ1n) is 10.5. The van der Waals surface area contributed by atoms with E-state index in [4.69, 9.17) is 4.74 Å². The van der Waals surface area contributed by atoms with Crippen LogP contribution in [-0.4, -0.2) is 61.9 Å². The highest BCUT2D eigenvalue weighted by Crippen LogP contribution is 2.43. The number of nitrogens with one attached hydrogen (secondary N) is 2. The zero-order valence-corrected chi connectivity index (χ0v) is 16.0. The first-order valence-corrected chi connectivity index (χ1v) is 10.5. The molecule has 1 unspecified atom stereocenters. The zero-order chi connectivity index (χ0) is 17.7. The number of aromatic nitrogens is 1. The van der Waals surface area contributed by atoms with Gasteiger partial charge in [-0.05, 0) is 69.2 Å². The van der Waals surface area contributed by atoms with Crippen molar-refractivity contribution in [2.45, 2.75) is 50.6 Å². The Bertz CT molecular complexity index is 530. The fourth-order valence-electron chi connectivity index (χ4n) is 5.05. The van der Waals surface area contributed by atoms with Crippen molar-refractivity contribution in [1.82, 2.24) is 20.5 Å². The summed E-state index contributed by atoms with van der Waals surface area (Å²) in [6.45, 7) is 7.12. The summed E-state index contributed by atoms with van der Waals surface area (Å²) in [5, 5.41) is 7.43. The van der Waals surface area contributed by atoms with Crippen molar-refractivity contribution in [2.24, 2.45) is 5.41 Å². The van der Waals surface area contributed by atoms with Gasteiger partial charge in [0.2, 0.25) is 0 Å². The lowest BCUT2D eigenvalue weighted by Crippen LogP contribution is -2.47. The summed E-state index contributed by atoms with van der Waals surface area (Å²) in [6.07, 6.45) is 10.1. The van der Waals surface area contributed by atoms with Crippen LogP contribution in [0, 0.1) is 5.41 Å². The van der Waals surface area contributed by atoms with E-state index in [1.807, 2.05) is 12.3 Å². The molecule has 3 heterocycles. The number of ether oxygens (including phenoxy) is 1. The maximum absolute atomic E-state index is 5.56. The second-order valence-corrected chi connectivity index (χ2v) is 8.35. The second-order valence-electron chi connectivity index (χ2n) is 8.35. The number of piperidine rings is 1. The lowest BCUT2D eigenvalue weighted by atomic mass is 9.67. The van der Waals surface area contributed by atoms with Crippen molar-refractivity contribution < 1.29 is 4.74 Å². The molecule has 1 aliphatic carbocycles. The van der Waals surface area contributed by atoms with Crippen LogP contribution in [0.2, 0.25) is 0 Å². The minimum Gasteiger partial charge on any atom is -0.379 e. The Labute approximate surface area is 157 Å². The topological polar surface area (TPSA) is 49.4 Å². The number of pyridine rings is 1. The predicted molar refractivity (Wildman–Crippen MR) is 104 cm³/mol. The summed E-state index contributed by atoms with van der Waals surface area (Å²) in [5.41, 5.74) is 1.83. The highest BCUT2D eigenvalue weighted by molar-refractivity contribution is 5.10. The van der Waals surface area contributed by atoms with Gasteiger partial charge >= 0.3 is 0 Å². The van der Waals surface area contributed by atoms with Gasteiger partial charge in [-0.25, -0.2) is 0 Å². The zero-order valence-electron chi connectivity index (χ0n) is 16.0. The van der Waals surface area contributed by atoms with Crippen molar-refractivity contribution in [2.75, 3.05) is 45.9 Å². The maximum Gasteiger partial charge on any atom is 0.0648 e. The molecule has 2 saturated heterocycles. The third-order valence-corrected chi connectivity index (χ3v) is 6.83. The van der Waals surface area contributed by atoms with Crippen molar-refractivity contribution >= 4 is 0 Å². The first-order chi connectivity index (χ1) is 12.8. The average Bonchev–Trinajstić information content (AvgIpc) is 2.72. The number of nitrogens with zero attached hydrogens (tertiary/aromatic N) is 2. The third-order valence-electron chi connectivity index (χ3n) is 6.83. The molecule has 5 nitrogen and oxygen atoms in total. The molecule has 5 heteroatoms. The molecule has 0 amide bonds. The number of hydrogen-bond acceptors (Lipinski definition) is 5. The van der Waals surface area contributed by atoms with Crippen LogP contribution < -0.4 is 10.6 Å². The molecule has 4 rings (SSSR count). The smallest absolute Gasteiger partial charge is 0.0648 e. The first kappa shape index (κ1) is 18.4. The Morgan fingerprint density at radius 3 is 2.62 bits per heavy atom. The van der Waals surface area contributed by atoms with Gasteiger partial charge in [0, 0.05) is 31.9 Å². The van der Waals surface area contributed by atoms with Crippen molar-refractivity contribution in [3.05, 3.63) is 30.1 Å². The molecule has 0 bridgehead atoms. The molecule has 26 heavy (non-hydrogen) atoms. The fourth-order valence-corrected chi connectivity index (χ4v) is 5.05. The molecule has 3 fully saturated rings. The van der Waals surface area contributed by atoms with E-state index in [9.17, 15) is 0 Å². The maximum atomic E-state index is 5.56. The number of rotatable bonds is 5. The molecule has 0 radical (unpaired) electrons. The fraction of sp³-hybridized carbons (Fsp3) is 0.762. The molecule has 1 saturated carbocycles. The Kier molecular flexibility index (Phi) is 6.20. The third kappa shape index (κ3) is 4.45. The van der Waals surface area contributed by atoms with Crippen LogP contribution in [0.4, 0.5) is 0 Å². The van der Waals surface area contributed by atoms with E-state index in [-0.39, 0.29) is 0 Å². The lowest BCUT2D eigenvalue weighted by Gasteiger charge is -2.44. The highest BCUT2D eigenvalue weighted by atomic mass is 16.5. The SMILES string of the molecule is c1ccc(C(CNC2CCC3(CCNCC3)CC2)N2CCOCC2)nc1. The molecular formula is C21H34N4O. The van der Waals surface area contributed by atoms with Crippen LogP contribution in [0.15, 0.2) is 24.4 Å². The van der Waals surface area contributed by atoms with Crippen LogP contribution in [0.3, 0.4) is 0 Å². The lowest BCUT2D eigenvalue weighted by molar-refractivity contribution is 0.0138. The second kappa shape index (κ2) is 8.79. The molecule has 2 N–H and O–H groups in total. The Balaban J connectivity index is 1.33. The van der Waals surface area contributed by atoms with Gasteiger partial charge in [0.25, 0.3) is 0 Å². The summed E-state index contributed by atoms with van der Waals surface area (Å²) < 4.78 is 5.56. The molecule has 1 aromatic heterocycles. The van der Waals surface area contributed by atoms with E-state index in [0.29, 0.717) is 17.5 Å². The minimum atomic E-state index is 0.356. The Hall–Kier alpha value is -1.01. The van der Waals surface area contributed by atoms with Crippen molar-refractivity contribution in [1.29, 1.82) is 0 Å². The predicted octanol–water partition coefficient (Wildman–Crippen LogP) is 2.36. The molecule has 1 aromatic rings. The average molecular weight is 359 g/mol. The van der Waals surface area contributed by atoms with E-state index < -0.39 is 0 Å². The van der Waals surface area contributed by atoms with Crippen LogP contribution >= 0.6 is 0 Å². The van der Waals surface area contributed by atoms with Crippen LogP contribution in [0.1, 0.15) is 50.3 Å². The minimum absolute atomic E-state index is 0.356. The normalized spacial score (nSPS) is 26.0. The van der Waals surface area contributed by atoms with E-state index in [0.717, 1.165) is 32.8 Å². The van der Waals surface area contributed by atoms with Gasteiger partial charge < -0.3 is 15.4 Å². The Morgan fingerprint density at radius 1 is 1.15 bits per heavy atom. The monoisotopic (exact) mass is 358 g/mol. The van der Waals surface area contributed by atoms with E-state index in [2.05, 4.69) is 32.7 Å². The van der Waals surface area contributed by atoms with E-state index in [1.165, 1.54) is 57.3 Å². The van der Waals surface area contributed by atoms with Crippen molar-refractivity contribution in [3.8, 4) is 0 Å². The Morgan fingerprint density at radius 2 is 1.92 bits per heavy atom. The van der Waals surface area contributed by atoms with Gasteiger partial charge in [0.05, 0.1) is 24.9 Å². The van der Waals surface area contributed by atoms with E-state index >= 15 is 0 Å². The molecular weight excluding hydrogens is 324 g/mol. The molecule has 0 aromatic carbocycles. The van der Waals surface area contributed by atoms with Crippen LogP contribution in [0.5, 0.6) is 0 Å². The quantitative estimate of drug-likeness (QED) is 0.846. The summed E-state index contributed by atoms with van der Waals surface area (Å²) in [4.78, 5) is 7.19. The summed E-state index contributed by atoms with van der Waals surface area (Å²) in [7, 11) is 0. The van der Waals surface area contributed by atoms with Crippen LogP contribution in [-0.2, 0) is 4.74 Å². The highest BCUT2D eigenvalue weighted by Gasteiger charge is 2.36. The standard InChI is InChI=1S/C21H34N4O/c1-2-10-23-19(3-1)20(25-13-15-26-16-14-25)17-24-18-4-6-21(7-5-18)8-11-22-12-9-21/h1-3,10,18,20,22,24H,4-9,11-17H2. The summed E-state index contributed by atoms with van der Waals surface area (Å²) >= 11 is 0. The summed E-state index contributed by atoms with van der Waals surface area (Å²) in [5.74, 6) is 0. The number of morpholine rings is 1. The van der Waals surface area contributed by atoms with Gasteiger partial charge in [-0.3, -0.25) is 9.88 Å². The van der Waals surface area contributed by atoms with Gasteiger partial charge in [-0.1, -0.05) is 6.07 Å². The van der Waals surface area contributed by atoms with Crippen LogP contribution in [0.25, 0.3) is 0 Å². The molecule has 1 atom stereocenters. The number of hydrogen-bond donors (Lipinski definition) is 2. The van der Waals surface area contributed by atoms with Gasteiger partial charge in [0.1, 0.15) is 0 Å². The molecule has 144 valence electrons. The van der Waals surface area contributed by atoms with Gasteiger partial charge in [-0.15, -0.1) is 0 Å². The van der Waals surface area contributed by atoms with Crippen molar-refractivity contribution in [3.63, 3.8) is 0 Å².